The van der Waals surface area contributed by atoms with Gasteiger partial charge in [-0.3, -0.25) is 9.69 Å². The third-order valence-electron chi connectivity index (χ3n) is 1.61. The second-order valence-corrected chi connectivity index (χ2v) is 2.91. The van der Waals surface area contributed by atoms with Crippen molar-refractivity contribution in [1.82, 2.24) is 10.2 Å². The van der Waals surface area contributed by atoms with E-state index in [0.29, 0.717) is 18.1 Å². The highest BCUT2D eigenvalue weighted by atomic mass is 32.1. The molecule has 1 N–H and O–H groups in total. The van der Waals surface area contributed by atoms with E-state index in [-0.39, 0.29) is 5.91 Å². The average molecular weight is 172 g/mol. The van der Waals surface area contributed by atoms with E-state index >= 15 is 0 Å². The van der Waals surface area contributed by atoms with Crippen LogP contribution in [-0.2, 0) is 4.79 Å². The fourth-order valence-electron chi connectivity index (χ4n) is 1.07. The highest BCUT2D eigenvalue weighted by Crippen LogP contribution is 2.01. The first-order chi connectivity index (χ1) is 5.25. The molecule has 1 aliphatic rings. The summed E-state index contributed by atoms with van der Waals surface area (Å²) in [5.74, 6) is 0.149. The Bertz CT molecular complexity index is 165. The van der Waals surface area contributed by atoms with Gasteiger partial charge in [0.25, 0.3) is 0 Å². The summed E-state index contributed by atoms with van der Waals surface area (Å²) >= 11 is 4.96. The summed E-state index contributed by atoms with van der Waals surface area (Å²) in [5, 5.41) is 3.57. The Balaban J connectivity index is 2.55. The van der Waals surface area contributed by atoms with Crippen molar-refractivity contribution in [3.63, 3.8) is 0 Å². The Labute approximate surface area is 71.8 Å². The summed E-state index contributed by atoms with van der Waals surface area (Å²) in [7, 11) is 0. The molecule has 0 aromatic heterocycles. The minimum absolute atomic E-state index is 0.149. The molecular weight excluding hydrogens is 160 g/mol. The van der Waals surface area contributed by atoms with Gasteiger partial charge >= 0.3 is 0 Å². The number of thiocarbonyl (C=S) groups is 1. The summed E-state index contributed by atoms with van der Waals surface area (Å²) in [6.07, 6.45) is 1.52. The maximum Gasteiger partial charge on any atom is 0.230 e. The number of nitrogens with zero attached hydrogens (tertiary/aromatic N) is 1. The zero-order valence-electron chi connectivity index (χ0n) is 6.59. The molecule has 0 aliphatic carbocycles. The van der Waals surface area contributed by atoms with Crippen LogP contribution in [0.1, 0.15) is 19.8 Å². The highest BCUT2D eigenvalue weighted by Gasteiger charge is 2.20. The molecule has 0 unspecified atom stereocenters. The Kier molecular flexibility index (Phi) is 2.82. The van der Waals surface area contributed by atoms with Crippen molar-refractivity contribution in [2.75, 3.05) is 13.1 Å². The first-order valence-corrected chi connectivity index (χ1v) is 4.24. The monoisotopic (exact) mass is 172 g/mol. The van der Waals surface area contributed by atoms with E-state index in [2.05, 4.69) is 5.32 Å². The molecule has 3 nitrogen and oxygen atoms in total. The van der Waals surface area contributed by atoms with Gasteiger partial charge in [0, 0.05) is 19.5 Å². The van der Waals surface area contributed by atoms with Crippen LogP contribution in [0.4, 0.5) is 0 Å². The van der Waals surface area contributed by atoms with Crippen LogP contribution in [-0.4, -0.2) is 29.0 Å². The smallest absolute Gasteiger partial charge is 0.230 e. The van der Waals surface area contributed by atoms with Crippen LogP contribution in [0.3, 0.4) is 0 Å². The predicted octanol–water partition coefficient (Wildman–Crippen LogP) is 0.503. The van der Waals surface area contributed by atoms with Gasteiger partial charge in [0.2, 0.25) is 5.91 Å². The van der Waals surface area contributed by atoms with Crippen molar-refractivity contribution in [3.05, 3.63) is 0 Å². The Morgan fingerprint density at radius 2 is 2.45 bits per heavy atom. The van der Waals surface area contributed by atoms with Crippen LogP contribution in [0.15, 0.2) is 0 Å². The molecule has 0 saturated carbocycles. The molecule has 0 radical (unpaired) electrons. The molecule has 0 aromatic carbocycles. The minimum atomic E-state index is 0.149. The molecule has 11 heavy (non-hydrogen) atoms. The van der Waals surface area contributed by atoms with E-state index in [1.807, 2.05) is 6.92 Å². The fraction of sp³-hybridized carbons (Fsp3) is 0.714. The molecule has 1 rings (SSSR count). The Morgan fingerprint density at radius 1 is 1.73 bits per heavy atom. The summed E-state index contributed by atoms with van der Waals surface area (Å²) in [5.41, 5.74) is 0. The summed E-state index contributed by atoms with van der Waals surface area (Å²) in [6, 6.07) is 0. The number of hydrogen-bond acceptors (Lipinski definition) is 2. The lowest BCUT2D eigenvalue weighted by atomic mass is 10.3. The van der Waals surface area contributed by atoms with Crippen LogP contribution < -0.4 is 5.32 Å². The third-order valence-corrected chi connectivity index (χ3v) is 1.97. The van der Waals surface area contributed by atoms with Gasteiger partial charge in [-0.25, -0.2) is 0 Å². The van der Waals surface area contributed by atoms with Crippen LogP contribution in [0.25, 0.3) is 0 Å². The lowest BCUT2D eigenvalue weighted by Crippen LogP contribution is -2.49. The SMILES string of the molecule is CCCN1C(=O)CCNC1=S. The largest absolute Gasteiger partial charge is 0.362 e. The van der Waals surface area contributed by atoms with Crippen molar-refractivity contribution in [3.8, 4) is 0 Å². The molecule has 62 valence electrons. The molecular formula is C7H12N2OS. The number of amides is 1. The molecule has 0 atom stereocenters. The van der Waals surface area contributed by atoms with Gasteiger partial charge in [-0.15, -0.1) is 0 Å². The number of hydrogen-bond donors (Lipinski definition) is 1. The Morgan fingerprint density at radius 3 is 3.00 bits per heavy atom. The van der Waals surface area contributed by atoms with Gasteiger partial charge in [-0.1, -0.05) is 6.92 Å². The molecule has 0 aromatic rings. The Hall–Kier alpha value is -0.640. The second kappa shape index (κ2) is 3.67. The normalized spacial score (nSPS) is 18.5. The lowest BCUT2D eigenvalue weighted by Gasteiger charge is -2.27. The molecule has 1 fully saturated rings. The first-order valence-electron chi connectivity index (χ1n) is 3.84. The van der Waals surface area contributed by atoms with E-state index in [1.165, 1.54) is 0 Å². The van der Waals surface area contributed by atoms with Crippen molar-refractivity contribution in [2.45, 2.75) is 19.8 Å². The number of carbonyl (C=O) groups is 1. The minimum Gasteiger partial charge on any atom is -0.362 e. The fourth-order valence-corrected chi connectivity index (χ4v) is 1.37. The summed E-state index contributed by atoms with van der Waals surface area (Å²) in [6.45, 7) is 3.47. The topological polar surface area (TPSA) is 32.3 Å². The second-order valence-electron chi connectivity index (χ2n) is 2.53. The maximum absolute atomic E-state index is 11.2. The van der Waals surface area contributed by atoms with Crippen molar-refractivity contribution >= 4 is 23.2 Å². The lowest BCUT2D eigenvalue weighted by molar-refractivity contribution is -0.128. The van der Waals surface area contributed by atoms with Crippen LogP contribution >= 0.6 is 12.2 Å². The molecule has 1 aliphatic heterocycles. The highest BCUT2D eigenvalue weighted by molar-refractivity contribution is 7.80. The van der Waals surface area contributed by atoms with Gasteiger partial charge in [0.15, 0.2) is 5.11 Å². The van der Waals surface area contributed by atoms with Crippen LogP contribution in [0, 0.1) is 0 Å². The van der Waals surface area contributed by atoms with E-state index in [1.54, 1.807) is 4.90 Å². The van der Waals surface area contributed by atoms with E-state index in [0.717, 1.165) is 13.0 Å². The molecule has 0 spiro atoms. The summed E-state index contributed by atoms with van der Waals surface area (Å²) < 4.78 is 0. The van der Waals surface area contributed by atoms with E-state index in [9.17, 15) is 4.79 Å². The van der Waals surface area contributed by atoms with Crippen molar-refractivity contribution < 1.29 is 4.79 Å². The first kappa shape index (κ1) is 8.46. The summed E-state index contributed by atoms with van der Waals surface area (Å²) in [4.78, 5) is 12.8. The van der Waals surface area contributed by atoms with E-state index in [4.69, 9.17) is 12.2 Å². The maximum atomic E-state index is 11.2. The van der Waals surface area contributed by atoms with Gasteiger partial charge < -0.3 is 5.32 Å². The zero-order chi connectivity index (χ0) is 8.27. The average Bonchev–Trinajstić information content (AvgIpc) is 1.97. The van der Waals surface area contributed by atoms with Gasteiger partial charge in [0.1, 0.15) is 0 Å². The molecule has 1 saturated heterocycles. The van der Waals surface area contributed by atoms with E-state index < -0.39 is 0 Å². The van der Waals surface area contributed by atoms with Gasteiger partial charge in [-0.2, -0.15) is 0 Å². The third kappa shape index (κ3) is 1.89. The van der Waals surface area contributed by atoms with Crippen molar-refractivity contribution in [1.29, 1.82) is 0 Å². The van der Waals surface area contributed by atoms with Crippen LogP contribution in [0.2, 0.25) is 0 Å². The zero-order valence-corrected chi connectivity index (χ0v) is 7.41. The van der Waals surface area contributed by atoms with Gasteiger partial charge in [-0.05, 0) is 18.6 Å². The molecule has 0 bridgehead atoms. The quantitative estimate of drug-likeness (QED) is 0.616. The predicted molar refractivity (Wildman–Crippen MR) is 47.2 cm³/mol. The number of carbonyl (C=O) groups excluding carboxylic acids is 1. The molecule has 4 heteroatoms. The molecule has 1 amide bonds. The molecule has 1 heterocycles. The standard InChI is InChI=1S/C7H12N2OS/c1-2-5-9-6(10)3-4-8-7(9)11/h2-5H2,1H3,(H,8,11). The van der Waals surface area contributed by atoms with Crippen LogP contribution in [0.5, 0.6) is 0 Å². The van der Waals surface area contributed by atoms with Crippen molar-refractivity contribution in [2.24, 2.45) is 0 Å². The number of rotatable bonds is 2. The van der Waals surface area contributed by atoms with Gasteiger partial charge in [0.05, 0.1) is 0 Å². The number of nitrogens with one attached hydrogen (secondary N) is 1.